The van der Waals surface area contributed by atoms with E-state index in [9.17, 15) is 4.79 Å². The van der Waals surface area contributed by atoms with E-state index in [4.69, 9.17) is 15.5 Å². The van der Waals surface area contributed by atoms with Gasteiger partial charge in [0.2, 0.25) is 11.8 Å². The number of nitrogens with zero attached hydrogens (tertiary/aromatic N) is 4. The molecule has 30 heavy (non-hydrogen) atoms. The first kappa shape index (κ1) is 19.8. The van der Waals surface area contributed by atoms with Crippen LogP contribution in [0.3, 0.4) is 0 Å². The third-order valence-electron chi connectivity index (χ3n) is 5.45. The molecule has 1 amide bonds. The second-order valence-corrected chi connectivity index (χ2v) is 7.49. The molecule has 9 heteroatoms. The summed E-state index contributed by atoms with van der Waals surface area (Å²) in [5.41, 5.74) is 6.28. The van der Waals surface area contributed by atoms with E-state index in [2.05, 4.69) is 25.6 Å². The third kappa shape index (κ3) is 4.56. The highest BCUT2D eigenvalue weighted by Gasteiger charge is 2.21. The molecule has 3 heterocycles. The summed E-state index contributed by atoms with van der Waals surface area (Å²) in [4.78, 5) is 28.3. The zero-order valence-corrected chi connectivity index (χ0v) is 16.8. The number of ether oxygens (including phenoxy) is 1. The van der Waals surface area contributed by atoms with Crippen LogP contribution in [0, 0.1) is 5.92 Å². The summed E-state index contributed by atoms with van der Waals surface area (Å²) in [5.74, 6) is 1.93. The van der Waals surface area contributed by atoms with Crippen LogP contribution in [0.2, 0.25) is 0 Å². The van der Waals surface area contributed by atoms with E-state index in [1.807, 2.05) is 18.2 Å². The average molecular weight is 407 g/mol. The van der Waals surface area contributed by atoms with Crippen molar-refractivity contribution < 1.29 is 9.53 Å². The van der Waals surface area contributed by atoms with Gasteiger partial charge in [-0.2, -0.15) is 0 Å². The molecule has 0 radical (unpaired) electrons. The highest BCUT2D eigenvalue weighted by molar-refractivity contribution is 5.92. The highest BCUT2D eigenvalue weighted by Crippen LogP contribution is 2.28. The summed E-state index contributed by atoms with van der Waals surface area (Å²) in [6, 6.07) is 6.36. The molecule has 1 aliphatic rings. The first-order valence-corrected chi connectivity index (χ1v) is 10.0. The van der Waals surface area contributed by atoms with Gasteiger partial charge in [-0.1, -0.05) is 0 Å². The number of hydrogen-bond acceptors (Lipinski definition) is 8. The molecule has 1 aliphatic carbocycles. The third-order valence-corrected chi connectivity index (χ3v) is 5.45. The molecule has 4 rings (SSSR count). The summed E-state index contributed by atoms with van der Waals surface area (Å²) in [6.07, 6.45) is 8.95. The van der Waals surface area contributed by atoms with Crippen molar-refractivity contribution in [3.8, 4) is 5.88 Å². The number of fused-ring (bicyclic) bond motifs is 1. The number of nitrogens with two attached hydrogens (primary N) is 1. The Bertz CT molecular complexity index is 1020. The van der Waals surface area contributed by atoms with Gasteiger partial charge in [0.1, 0.15) is 11.3 Å². The van der Waals surface area contributed by atoms with Crippen LogP contribution < -0.4 is 21.1 Å². The summed E-state index contributed by atoms with van der Waals surface area (Å²) in [6.45, 7) is 0.805. The van der Waals surface area contributed by atoms with E-state index >= 15 is 0 Å². The quantitative estimate of drug-likeness (QED) is 0.545. The van der Waals surface area contributed by atoms with E-state index in [0.29, 0.717) is 29.4 Å². The first-order chi connectivity index (χ1) is 14.6. The molecule has 0 aliphatic heterocycles. The van der Waals surface area contributed by atoms with Crippen LogP contribution in [0.15, 0.2) is 36.8 Å². The molecule has 0 saturated heterocycles. The molecule has 3 aromatic heterocycles. The number of aromatic nitrogens is 4. The summed E-state index contributed by atoms with van der Waals surface area (Å²) >= 11 is 0. The van der Waals surface area contributed by atoms with Crippen LogP contribution in [0.1, 0.15) is 36.0 Å². The zero-order chi connectivity index (χ0) is 20.9. The van der Waals surface area contributed by atoms with Crippen LogP contribution in [0.4, 0.5) is 11.8 Å². The minimum Gasteiger partial charge on any atom is -0.479 e. The number of anilines is 2. The van der Waals surface area contributed by atoms with Gasteiger partial charge >= 0.3 is 0 Å². The molecule has 4 N–H and O–H groups in total. The van der Waals surface area contributed by atoms with Crippen molar-refractivity contribution in [2.45, 2.75) is 31.7 Å². The van der Waals surface area contributed by atoms with Crippen molar-refractivity contribution in [3.63, 3.8) is 0 Å². The van der Waals surface area contributed by atoms with Gasteiger partial charge in [0.25, 0.3) is 5.91 Å². The van der Waals surface area contributed by atoms with E-state index in [0.717, 1.165) is 48.9 Å². The Balaban J connectivity index is 1.28. The fourth-order valence-electron chi connectivity index (χ4n) is 3.75. The number of methoxy groups -OCH3 is 1. The number of rotatable bonds is 7. The van der Waals surface area contributed by atoms with Crippen LogP contribution in [-0.2, 0) is 0 Å². The SMILES string of the molecule is COc1nccc2ccc(NC3CCC(CNc4ncc(C(N)=O)cn4)CC3)nc12. The van der Waals surface area contributed by atoms with Gasteiger partial charge in [0, 0.05) is 36.6 Å². The lowest BCUT2D eigenvalue weighted by atomic mass is 9.86. The first-order valence-electron chi connectivity index (χ1n) is 10.0. The number of nitrogens with one attached hydrogen (secondary N) is 2. The number of carbonyl (C=O) groups excluding carboxylic acids is 1. The maximum atomic E-state index is 11.1. The lowest BCUT2D eigenvalue weighted by Crippen LogP contribution is -2.29. The fraction of sp³-hybridized carbons (Fsp3) is 0.381. The van der Waals surface area contributed by atoms with Crippen LogP contribution in [0.5, 0.6) is 5.88 Å². The topological polar surface area (TPSA) is 128 Å². The molecular weight excluding hydrogens is 382 g/mol. The zero-order valence-electron chi connectivity index (χ0n) is 16.8. The standard InChI is InChI=1S/C21H25N7O2/c1-30-20-18-14(8-9-23-20)4-7-17(28-18)27-16-5-2-13(3-6-16)10-24-21-25-11-15(12-26-21)19(22)29/h4,7-9,11-13,16H,2-3,5-6,10H2,1H3,(H2,22,29)(H,27,28)(H,24,25,26). The van der Waals surface area contributed by atoms with Crippen LogP contribution in [0.25, 0.3) is 10.9 Å². The Morgan fingerprint density at radius 1 is 1.13 bits per heavy atom. The van der Waals surface area contributed by atoms with Crippen molar-refractivity contribution >= 4 is 28.6 Å². The van der Waals surface area contributed by atoms with Gasteiger partial charge in [-0.3, -0.25) is 4.79 Å². The maximum Gasteiger partial charge on any atom is 0.251 e. The molecule has 1 fully saturated rings. The largest absolute Gasteiger partial charge is 0.479 e. The molecular formula is C21H25N7O2. The van der Waals surface area contributed by atoms with Crippen LogP contribution in [-0.4, -0.2) is 45.5 Å². The predicted molar refractivity (Wildman–Crippen MR) is 114 cm³/mol. The Morgan fingerprint density at radius 2 is 1.90 bits per heavy atom. The maximum absolute atomic E-state index is 11.1. The summed E-state index contributed by atoms with van der Waals surface area (Å²) in [7, 11) is 1.61. The van der Waals surface area contributed by atoms with Crippen molar-refractivity contribution in [3.05, 3.63) is 42.4 Å². The Hall–Kier alpha value is -3.49. The minimum atomic E-state index is -0.525. The number of amides is 1. The summed E-state index contributed by atoms with van der Waals surface area (Å²) < 4.78 is 5.33. The Labute approximate surface area is 174 Å². The lowest BCUT2D eigenvalue weighted by Gasteiger charge is -2.29. The van der Waals surface area contributed by atoms with Gasteiger partial charge in [0.15, 0.2) is 0 Å². The van der Waals surface area contributed by atoms with E-state index in [1.54, 1.807) is 13.3 Å². The number of hydrogen-bond donors (Lipinski definition) is 3. The van der Waals surface area contributed by atoms with Gasteiger partial charge in [-0.25, -0.2) is 19.9 Å². The summed E-state index contributed by atoms with van der Waals surface area (Å²) in [5, 5.41) is 7.81. The molecule has 3 aromatic rings. The van der Waals surface area contributed by atoms with Gasteiger partial charge in [-0.15, -0.1) is 0 Å². The molecule has 156 valence electrons. The highest BCUT2D eigenvalue weighted by atomic mass is 16.5. The van der Waals surface area contributed by atoms with Crippen molar-refractivity contribution in [1.29, 1.82) is 0 Å². The smallest absolute Gasteiger partial charge is 0.251 e. The van der Waals surface area contributed by atoms with E-state index in [1.165, 1.54) is 12.4 Å². The molecule has 0 aromatic carbocycles. The molecule has 0 atom stereocenters. The lowest BCUT2D eigenvalue weighted by molar-refractivity contribution is 0.0999. The molecule has 0 bridgehead atoms. The Kier molecular flexibility index (Phi) is 5.87. The molecule has 1 saturated carbocycles. The van der Waals surface area contributed by atoms with Gasteiger partial charge in [-0.05, 0) is 49.8 Å². The number of primary amides is 1. The van der Waals surface area contributed by atoms with Crippen molar-refractivity contribution in [1.82, 2.24) is 19.9 Å². The molecule has 0 spiro atoms. The number of pyridine rings is 2. The Morgan fingerprint density at radius 3 is 2.60 bits per heavy atom. The predicted octanol–water partition coefficient (Wildman–Crippen LogP) is 2.61. The van der Waals surface area contributed by atoms with Gasteiger partial charge in [0.05, 0.1) is 12.7 Å². The second kappa shape index (κ2) is 8.89. The minimum absolute atomic E-state index is 0.308. The van der Waals surface area contributed by atoms with Crippen molar-refractivity contribution in [2.75, 3.05) is 24.3 Å². The molecule has 9 nitrogen and oxygen atoms in total. The van der Waals surface area contributed by atoms with E-state index in [-0.39, 0.29) is 0 Å². The van der Waals surface area contributed by atoms with E-state index < -0.39 is 5.91 Å². The van der Waals surface area contributed by atoms with Gasteiger partial charge < -0.3 is 21.1 Å². The van der Waals surface area contributed by atoms with Crippen molar-refractivity contribution in [2.24, 2.45) is 11.7 Å². The molecule has 0 unspecified atom stereocenters. The number of carbonyl (C=O) groups is 1. The fourth-order valence-corrected chi connectivity index (χ4v) is 3.75. The monoisotopic (exact) mass is 407 g/mol. The second-order valence-electron chi connectivity index (χ2n) is 7.49. The average Bonchev–Trinajstić information content (AvgIpc) is 2.78. The normalized spacial score (nSPS) is 18.7. The van der Waals surface area contributed by atoms with Crippen LogP contribution >= 0.6 is 0 Å².